The molecule has 186 valence electrons. The van der Waals surface area contributed by atoms with Gasteiger partial charge < -0.3 is 15.4 Å². The molecule has 0 spiro atoms. The Hall–Kier alpha value is -4.66. The van der Waals surface area contributed by atoms with Crippen molar-refractivity contribution in [2.75, 3.05) is 5.32 Å². The summed E-state index contributed by atoms with van der Waals surface area (Å²) in [5.74, 6) is 0.308. The summed E-state index contributed by atoms with van der Waals surface area (Å²) >= 11 is 0. The molecular weight excluding hydrogens is 481 g/mol. The number of hydrogen-bond donors (Lipinski definition) is 3. The van der Waals surface area contributed by atoms with E-state index in [1.54, 1.807) is 12.3 Å². The number of pyridine rings is 1. The molecule has 6 nitrogen and oxygen atoms in total. The van der Waals surface area contributed by atoms with Crippen LogP contribution in [0.5, 0.6) is 0 Å². The first-order valence-corrected chi connectivity index (χ1v) is 11.4. The zero-order valence-corrected chi connectivity index (χ0v) is 19.4. The lowest BCUT2D eigenvalue weighted by Crippen LogP contribution is -2.04. The number of benzene rings is 3. The Bertz CT molecular complexity index is 1560. The zero-order valence-electron chi connectivity index (χ0n) is 19.4. The van der Waals surface area contributed by atoms with E-state index >= 15 is 0 Å². The summed E-state index contributed by atoms with van der Waals surface area (Å²) in [7, 11) is 0. The first-order valence-electron chi connectivity index (χ1n) is 11.4. The lowest BCUT2D eigenvalue weighted by atomic mass is 10.1. The molecule has 0 unspecified atom stereocenters. The number of aromatic amines is 1. The lowest BCUT2D eigenvalue weighted by Gasteiger charge is -2.08. The lowest BCUT2D eigenvalue weighted by molar-refractivity contribution is -0.138. The summed E-state index contributed by atoms with van der Waals surface area (Å²) in [6.45, 7) is 0.510. The molecule has 2 aromatic heterocycles. The van der Waals surface area contributed by atoms with Gasteiger partial charge in [0.1, 0.15) is 11.6 Å². The van der Waals surface area contributed by atoms with Gasteiger partial charge in [-0.2, -0.15) is 13.2 Å². The van der Waals surface area contributed by atoms with Crippen LogP contribution in [0, 0.1) is 0 Å². The third kappa shape index (κ3) is 5.61. The van der Waals surface area contributed by atoms with Crippen molar-refractivity contribution in [1.82, 2.24) is 15.0 Å². The molecule has 0 aliphatic heterocycles. The molecule has 0 saturated heterocycles. The first-order chi connectivity index (χ1) is 17.7. The van der Waals surface area contributed by atoms with E-state index in [0.29, 0.717) is 23.7 Å². The summed E-state index contributed by atoms with van der Waals surface area (Å²) in [5.41, 5.74) is 4.35. The Labute approximate surface area is 209 Å². The van der Waals surface area contributed by atoms with Crippen LogP contribution in [0.25, 0.3) is 33.5 Å². The molecule has 37 heavy (non-hydrogen) atoms. The average Bonchev–Trinajstić information content (AvgIpc) is 3.31. The van der Waals surface area contributed by atoms with Crippen LogP contribution in [0.3, 0.4) is 0 Å². The number of halogens is 3. The van der Waals surface area contributed by atoms with Gasteiger partial charge in [-0.25, -0.2) is 9.97 Å². The molecule has 0 atom stereocenters. The van der Waals surface area contributed by atoms with Gasteiger partial charge in [-0.3, -0.25) is 4.79 Å². The minimum Gasteiger partial charge on any atom is -0.481 e. The van der Waals surface area contributed by atoms with E-state index in [4.69, 9.17) is 5.11 Å². The fourth-order valence-electron chi connectivity index (χ4n) is 4.03. The Kier molecular flexibility index (Phi) is 6.35. The third-order valence-electron chi connectivity index (χ3n) is 5.89. The topological polar surface area (TPSA) is 90.9 Å². The highest BCUT2D eigenvalue weighted by atomic mass is 19.4. The maximum atomic E-state index is 13.0. The standard InChI is InChI=1S/C28H21F3N4O2/c29-28(30,31)22-9-10-23-24(14-22)35-27(34-23)20-6-4-19(5-7-20)21-8-11-25(33-16-21)32-15-18-3-1-2-17(12-18)13-26(36)37/h1-12,14,16H,13,15H2,(H,32,33)(H,34,35)(H,36,37). The van der Waals surface area contributed by atoms with E-state index in [2.05, 4.69) is 20.3 Å². The minimum absolute atomic E-state index is 0.0189. The zero-order chi connectivity index (χ0) is 26.0. The number of aliphatic carboxylic acids is 1. The van der Waals surface area contributed by atoms with E-state index in [1.165, 1.54) is 6.07 Å². The molecule has 5 rings (SSSR count). The molecule has 0 fully saturated rings. The molecule has 0 aliphatic carbocycles. The fraction of sp³-hybridized carbons (Fsp3) is 0.107. The van der Waals surface area contributed by atoms with E-state index in [-0.39, 0.29) is 11.9 Å². The van der Waals surface area contributed by atoms with Crippen LogP contribution < -0.4 is 5.32 Å². The summed E-state index contributed by atoms with van der Waals surface area (Å²) < 4.78 is 39.0. The molecule has 0 radical (unpaired) electrons. The molecule has 0 saturated carbocycles. The van der Waals surface area contributed by atoms with Gasteiger partial charge in [0.2, 0.25) is 0 Å². The van der Waals surface area contributed by atoms with Gasteiger partial charge >= 0.3 is 12.1 Å². The summed E-state index contributed by atoms with van der Waals surface area (Å²) in [6, 6.07) is 22.2. The Morgan fingerprint density at radius 2 is 1.62 bits per heavy atom. The number of hydrogen-bond acceptors (Lipinski definition) is 4. The number of nitrogens with zero attached hydrogens (tertiary/aromatic N) is 2. The van der Waals surface area contributed by atoms with Gasteiger partial charge in [0.05, 0.1) is 23.0 Å². The molecule has 0 bridgehead atoms. The fourth-order valence-corrected chi connectivity index (χ4v) is 4.03. The van der Waals surface area contributed by atoms with Crippen molar-refractivity contribution in [3.8, 4) is 22.5 Å². The van der Waals surface area contributed by atoms with Crippen molar-refractivity contribution in [2.45, 2.75) is 19.1 Å². The molecule has 9 heteroatoms. The molecule has 5 aromatic rings. The number of alkyl halides is 3. The predicted octanol–water partition coefficient (Wildman–Crippen LogP) is 6.55. The number of H-pyrrole nitrogens is 1. The number of aromatic nitrogens is 3. The highest BCUT2D eigenvalue weighted by molar-refractivity contribution is 5.80. The Morgan fingerprint density at radius 3 is 2.32 bits per heavy atom. The van der Waals surface area contributed by atoms with E-state index in [0.717, 1.165) is 39.9 Å². The second-order valence-electron chi connectivity index (χ2n) is 8.57. The molecule has 0 aliphatic rings. The largest absolute Gasteiger partial charge is 0.481 e. The van der Waals surface area contributed by atoms with Crippen LogP contribution in [-0.4, -0.2) is 26.0 Å². The number of rotatable bonds is 7. The molecule has 3 N–H and O–H groups in total. The van der Waals surface area contributed by atoms with Crippen molar-refractivity contribution in [1.29, 1.82) is 0 Å². The van der Waals surface area contributed by atoms with Gasteiger partial charge in [-0.05, 0) is 47.0 Å². The molecule has 0 amide bonds. The molecular formula is C28H21F3N4O2. The van der Waals surface area contributed by atoms with Gasteiger partial charge in [0.25, 0.3) is 0 Å². The number of fused-ring (bicyclic) bond motifs is 1. The third-order valence-corrected chi connectivity index (χ3v) is 5.89. The van der Waals surface area contributed by atoms with Gasteiger partial charge in [-0.15, -0.1) is 0 Å². The van der Waals surface area contributed by atoms with Crippen LogP contribution in [-0.2, 0) is 23.9 Å². The van der Waals surface area contributed by atoms with Crippen molar-refractivity contribution in [3.63, 3.8) is 0 Å². The Balaban J connectivity index is 1.26. The highest BCUT2D eigenvalue weighted by Gasteiger charge is 2.30. The monoisotopic (exact) mass is 502 g/mol. The number of carboxylic acids is 1. The second-order valence-corrected chi connectivity index (χ2v) is 8.57. The summed E-state index contributed by atoms with van der Waals surface area (Å²) in [4.78, 5) is 22.8. The normalized spacial score (nSPS) is 11.5. The van der Waals surface area contributed by atoms with Crippen LogP contribution in [0.4, 0.5) is 19.0 Å². The maximum absolute atomic E-state index is 13.0. The number of anilines is 1. The van der Waals surface area contributed by atoms with Crippen molar-refractivity contribution in [3.05, 3.63) is 102 Å². The van der Waals surface area contributed by atoms with Crippen molar-refractivity contribution in [2.24, 2.45) is 0 Å². The second kappa shape index (κ2) is 9.77. The summed E-state index contributed by atoms with van der Waals surface area (Å²) in [6.07, 6.45) is -2.69. The van der Waals surface area contributed by atoms with Crippen LogP contribution in [0.15, 0.2) is 85.1 Å². The summed E-state index contributed by atoms with van der Waals surface area (Å²) in [5, 5.41) is 12.2. The molecule has 3 aromatic carbocycles. The van der Waals surface area contributed by atoms with Gasteiger partial charge in [0, 0.05) is 23.9 Å². The van der Waals surface area contributed by atoms with Crippen LogP contribution >= 0.6 is 0 Å². The Morgan fingerprint density at radius 1 is 0.892 bits per heavy atom. The van der Waals surface area contributed by atoms with Gasteiger partial charge in [-0.1, -0.05) is 48.5 Å². The number of carboxylic acid groups (broad SMARTS) is 1. The van der Waals surface area contributed by atoms with Gasteiger partial charge in [0.15, 0.2) is 0 Å². The highest BCUT2D eigenvalue weighted by Crippen LogP contribution is 2.32. The van der Waals surface area contributed by atoms with Crippen molar-refractivity contribution < 1.29 is 23.1 Å². The van der Waals surface area contributed by atoms with E-state index < -0.39 is 17.7 Å². The van der Waals surface area contributed by atoms with Crippen LogP contribution in [0.1, 0.15) is 16.7 Å². The average molecular weight is 502 g/mol. The smallest absolute Gasteiger partial charge is 0.416 e. The maximum Gasteiger partial charge on any atom is 0.416 e. The molecule has 2 heterocycles. The predicted molar refractivity (Wildman–Crippen MR) is 135 cm³/mol. The number of imidazole rings is 1. The van der Waals surface area contributed by atoms with E-state index in [1.807, 2.05) is 54.6 Å². The van der Waals surface area contributed by atoms with E-state index in [9.17, 15) is 18.0 Å². The van der Waals surface area contributed by atoms with Crippen molar-refractivity contribution >= 4 is 22.8 Å². The first kappa shape index (κ1) is 24.1. The quantitative estimate of drug-likeness (QED) is 0.235. The number of carbonyl (C=O) groups is 1. The SMILES string of the molecule is O=C(O)Cc1cccc(CNc2ccc(-c3ccc(-c4nc5cc(C(F)(F)F)ccc5[nH]4)cc3)cn2)c1. The minimum atomic E-state index is -4.42. The number of nitrogens with one attached hydrogen (secondary N) is 2. The van der Waals surface area contributed by atoms with Crippen LogP contribution in [0.2, 0.25) is 0 Å².